The average molecular weight is 437 g/mol. The molecule has 0 radical (unpaired) electrons. The predicted molar refractivity (Wildman–Crippen MR) is 105 cm³/mol. The van der Waals surface area contributed by atoms with Gasteiger partial charge in [0.15, 0.2) is 8.32 Å². The molecular weight excluding hydrogens is 405 g/mol. The Labute approximate surface area is 171 Å². The summed E-state index contributed by atoms with van der Waals surface area (Å²) >= 11 is 0. The van der Waals surface area contributed by atoms with Crippen LogP contribution in [-0.2, 0) is 18.6 Å². The van der Waals surface area contributed by atoms with Crippen molar-refractivity contribution >= 4 is 8.32 Å². The van der Waals surface area contributed by atoms with Gasteiger partial charge in [0.2, 0.25) is 0 Å². The number of benzene rings is 1. The van der Waals surface area contributed by atoms with Crippen LogP contribution in [0.2, 0.25) is 18.1 Å². The Bertz CT molecular complexity index is 639. The summed E-state index contributed by atoms with van der Waals surface area (Å²) in [6.45, 7) is 11.6. The van der Waals surface area contributed by atoms with E-state index in [1.54, 1.807) is 12.1 Å². The molecule has 1 aromatic rings. The van der Waals surface area contributed by atoms with Gasteiger partial charge in [0, 0.05) is 13.5 Å². The van der Waals surface area contributed by atoms with Crippen molar-refractivity contribution in [3.8, 4) is 5.75 Å². The first kappa shape index (κ1) is 24.1. The maximum atomic E-state index is 12.4. The summed E-state index contributed by atoms with van der Waals surface area (Å²) in [5.41, 5.74) is 0.723. The third-order valence-electron chi connectivity index (χ3n) is 5.34. The zero-order valence-corrected chi connectivity index (χ0v) is 18.8. The number of alkyl halides is 3. The summed E-state index contributed by atoms with van der Waals surface area (Å²) in [6.07, 6.45) is -4.78. The zero-order chi connectivity index (χ0) is 21.9. The van der Waals surface area contributed by atoms with E-state index in [9.17, 15) is 13.2 Å². The predicted octanol–water partition coefficient (Wildman–Crippen LogP) is 5.43. The van der Waals surface area contributed by atoms with Crippen LogP contribution in [0.4, 0.5) is 13.2 Å². The van der Waals surface area contributed by atoms with Crippen molar-refractivity contribution in [2.24, 2.45) is 0 Å². The van der Waals surface area contributed by atoms with E-state index in [0.29, 0.717) is 13.0 Å². The van der Waals surface area contributed by atoms with E-state index in [0.717, 1.165) is 5.56 Å². The van der Waals surface area contributed by atoms with Gasteiger partial charge in [-0.1, -0.05) is 32.9 Å². The van der Waals surface area contributed by atoms with Crippen molar-refractivity contribution < 1.29 is 36.5 Å². The summed E-state index contributed by atoms with van der Waals surface area (Å²) in [5, 5.41) is 0.0413. The SMILES string of the molecule is COCO[C@@H](C[C@H](O[Si](C)(C)C(C)(C)C)C1CO1)c1ccc(OC(F)(F)F)cc1. The summed E-state index contributed by atoms with van der Waals surface area (Å²) in [4.78, 5) is 0. The maximum Gasteiger partial charge on any atom is 0.573 e. The van der Waals surface area contributed by atoms with Crippen molar-refractivity contribution in [3.63, 3.8) is 0 Å². The molecule has 1 heterocycles. The topological polar surface area (TPSA) is 49.5 Å². The second kappa shape index (κ2) is 9.34. The average Bonchev–Trinajstić information content (AvgIpc) is 3.41. The molecule has 0 spiro atoms. The molecule has 0 aliphatic carbocycles. The Morgan fingerprint density at radius 3 is 2.17 bits per heavy atom. The number of epoxide rings is 1. The smallest absolute Gasteiger partial charge is 0.411 e. The lowest BCUT2D eigenvalue weighted by molar-refractivity contribution is -0.274. The molecule has 1 aliphatic rings. The van der Waals surface area contributed by atoms with Crippen molar-refractivity contribution in [2.45, 2.75) is 70.0 Å². The molecule has 0 N–H and O–H groups in total. The summed E-state index contributed by atoms with van der Waals surface area (Å²) in [7, 11) is -0.519. The van der Waals surface area contributed by atoms with Gasteiger partial charge in [-0.25, -0.2) is 0 Å². The highest BCUT2D eigenvalue weighted by Crippen LogP contribution is 2.40. The van der Waals surface area contributed by atoms with Gasteiger partial charge in [-0.3, -0.25) is 0 Å². The standard InChI is InChI=1S/C20H31F3O5Si/c1-19(2,3)29(5,6)28-17(18-12-25-18)11-16(26-13-24-4)14-7-9-15(10-8-14)27-20(21,22)23/h7-10,16-18H,11-13H2,1-6H3/t16-,17-,18?/m0/s1. The van der Waals surface area contributed by atoms with Gasteiger partial charge >= 0.3 is 6.36 Å². The molecule has 1 aromatic carbocycles. The number of rotatable bonds is 10. The van der Waals surface area contributed by atoms with E-state index in [4.69, 9.17) is 18.6 Å². The molecule has 1 aliphatic heterocycles. The van der Waals surface area contributed by atoms with Gasteiger partial charge in [0.1, 0.15) is 18.6 Å². The van der Waals surface area contributed by atoms with Gasteiger partial charge in [0.05, 0.1) is 18.8 Å². The number of hydrogen-bond acceptors (Lipinski definition) is 5. The van der Waals surface area contributed by atoms with Crippen LogP contribution in [0.25, 0.3) is 0 Å². The van der Waals surface area contributed by atoms with Crippen LogP contribution in [-0.4, -0.2) is 47.4 Å². The fourth-order valence-electron chi connectivity index (χ4n) is 2.65. The highest BCUT2D eigenvalue weighted by atomic mass is 28.4. The molecule has 5 nitrogen and oxygen atoms in total. The first-order valence-electron chi connectivity index (χ1n) is 9.58. The summed E-state index contributed by atoms with van der Waals surface area (Å²) in [6, 6.07) is 5.70. The second-order valence-corrected chi connectivity index (χ2v) is 13.5. The quantitative estimate of drug-likeness (QED) is 0.278. The van der Waals surface area contributed by atoms with E-state index in [-0.39, 0.29) is 29.8 Å². The third kappa shape index (κ3) is 7.56. The molecule has 1 fully saturated rings. The highest BCUT2D eigenvalue weighted by Gasteiger charge is 2.44. The Hall–Kier alpha value is -1.13. The lowest BCUT2D eigenvalue weighted by Crippen LogP contribution is -2.45. The van der Waals surface area contributed by atoms with Crippen LogP contribution in [0.3, 0.4) is 0 Å². The van der Waals surface area contributed by atoms with Gasteiger partial charge in [-0.05, 0) is 35.8 Å². The molecule has 166 valence electrons. The molecule has 0 bridgehead atoms. The minimum absolute atomic E-state index is 0.00519. The first-order valence-corrected chi connectivity index (χ1v) is 12.5. The van der Waals surface area contributed by atoms with Crippen molar-refractivity contribution in [1.82, 2.24) is 0 Å². The Morgan fingerprint density at radius 1 is 1.14 bits per heavy atom. The van der Waals surface area contributed by atoms with E-state index in [1.807, 2.05) is 0 Å². The highest BCUT2D eigenvalue weighted by molar-refractivity contribution is 6.74. The fourth-order valence-corrected chi connectivity index (χ4v) is 4.01. The van der Waals surface area contributed by atoms with Gasteiger partial charge in [-0.15, -0.1) is 13.2 Å². The largest absolute Gasteiger partial charge is 0.573 e. The van der Waals surface area contributed by atoms with Crippen LogP contribution in [0.5, 0.6) is 5.75 Å². The van der Waals surface area contributed by atoms with E-state index >= 15 is 0 Å². The molecule has 0 amide bonds. The Kier molecular flexibility index (Phi) is 7.78. The monoisotopic (exact) mass is 436 g/mol. The van der Waals surface area contributed by atoms with Gasteiger partial charge in [0.25, 0.3) is 0 Å². The molecular formula is C20H31F3O5Si. The fraction of sp³-hybridized carbons (Fsp3) is 0.700. The van der Waals surface area contributed by atoms with E-state index in [1.165, 1.54) is 19.2 Å². The van der Waals surface area contributed by atoms with Crippen LogP contribution in [0.1, 0.15) is 38.9 Å². The lowest BCUT2D eigenvalue weighted by Gasteiger charge is -2.39. The third-order valence-corrected chi connectivity index (χ3v) is 9.85. The maximum absolute atomic E-state index is 12.4. The van der Waals surface area contributed by atoms with Gasteiger partial charge < -0.3 is 23.4 Å². The van der Waals surface area contributed by atoms with Crippen molar-refractivity contribution in [3.05, 3.63) is 29.8 Å². The lowest BCUT2D eigenvalue weighted by atomic mass is 10.0. The number of hydrogen-bond donors (Lipinski definition) is 0. The van der Waals surface area contributed by atoms with E-state index < -0.39 is 20.8 Å². The number of halogens is 3. The van der Waals surface area contributed by atoms with Crippen LogP contribution in [0, 0.1) is 0 Å². The number of ether oxygens (including phenoxy) is 4. The first-order chi connectivity index (χ1) is 13.3. The molecule has 3 atom stereocenters. The number of methoxy groups -OCH3 is 1. The zero-order valence-electron chi connectivity index (χ0n) is 17.8. The second-order valence-electron chi connectivity index (χ2n) is 8.70. The van der Waals surface area contributed by atoms with E-state index in [2.05, 4.69) is 38.6 Å². The minimum atomic E-state index is -4.72. The summed E-state index contributed by atoms with van der Waals surface area (Å²) in [5.74, 6) is -0.272. The summed E-state index contributed by atoms with van der Waals surface area (Å²) < 4.78 is 64.1. The van der Waals surface area contributed by atoms with Crippen LogP contribution >= 0.6 is 0 Å². The Balaban J connectivity index is 2.15. The van der Waals surface area contributed by atoms with Crippen molar-refractivity contribution in [2.75, 3.05) is 20.5 Å². The molecule has 0 saturated carbocycles. The normalized spacial score (nSPS) is 19.7. The molecule has 1 unspecified atom stereocenters. The van der Waals surface area contributed by atoms with Gasteiger partial charge in [-0.2, -0.15) is 0 Å². The molecule has 9 heteroatoms. The Morgan fingerprint density at radius 2 is 1.72 bits per heavy atom. The van der Waals surface area contributed by atoms with Crippen molar-refractivity contribution in [1.29, 1.82) is 0 Å². The van der Waals surface area contributed by atoms with Crippen LogP contribution in [0.15, 0.2) is 24.3 Å². The molecule has 0 aromatic heterocycles. The minimum Gasteiger partial charge on any atom is -0.411 e. The van der Waals surface area contributed by atoms with Crippen LogP contribution < -0.4 is 4.74 Å². The molecule has 29 heavy (non-hydrogen) atoms. The molecule has 1 saturated heterocycles. The molecule has 2 rings (SSSR count).